The number of allylic oxidation sites excluding steroid dienone is 1. The third-order valence-electron chi connectivity index (χ3n) is 3.65. The fourth-order valence-corrected chi connectivity index (χ4v) is 3.35. The van der Waals surface area contributed by atoms with Crippen molar-refractivity contribution >= 4 is 23.0 Å². The lowest BCUT2D eigenvalue weighted by Crippen LogP contribution is -2.05. The number of thiophene rings is 1. The summed E-state index contributed by atoms with van der Waals surface area (Å²) in [7, 11) is 0. The molecule has 0 saturated heterocycles. The van der Waals surface area contributed by atoms with E-state index in [2.05, 4.69) is 33.8 Å². The second-order valence-corrected chi connectivity index (χ2v) is 5.99. The van der Waals surface area contributed by atoms with Gasteiger partial charge in [0.1, 0.15) is 11.9 Å². The first-order chi connectivity index (χ1) is 9.79. The molecule has 0 bridgehead atoms. The molecule has 2 aromatic heterocycles. The van der Waals surface area contributed by atoms with E-state index in [0.29, 0.717) is 5.57 Å². The summed E-state index contributed by atoms with van der Waals surface area (Å²) in [5, 5.41) is 20.0. The van der Waals surface area contributed by atoms with E-state index >= 15 is 0 Å². The molecule has 0 aliphatic carbocycles. The van der Waals surface area contributed by atoms with E-state index in [4.69, 9.17) is 0 Å². The second kappa shape index (κ2) is 5.59. The summed E-state index contributed by atoms with van der Waals surface area (Å²) < 4.78 is 2.12. The number of rotatable bonds is 2. The first-order valence-electron chi connectivity index (χ1n) is 6.88. The maximum absolute atomic E-state index is 9.46. The van der Waals surface area contributed by atoms with Crippen LogP contribution in [0.1, 0.15) is 41.4 Å². The fraction of sp³-hybridized carbons (Fsp3) is 0.400. The van der Waals surface area contributed by atoms with Crippen LogP contribution < -0.4 is 0 Å². The van der Waals surface area contributed by atoms with Crippen molar-refractivity contribution in [2.45, 2.75) is 39.2 Å². The summed E-state index contributed by atoms with van der Waals surface area (Å²) in [5.74, 6) is 1.73. The van der Waals surface area contributed by atoms with E-state index < -0.39 is 0 Å². The van der Waals surface area contributed by atoms with Crippen molar-refractivity contribution in [1.29, 1.82) is 5.26 Å². The third kappa shape index (κ3) is 2.39. The van der Waals surface area contributed by atoms with Gasteiger partial charge in [-0.3, -0.25) is 0 Å². The number of hydrogen-bond donors (Lipinski definition) is 0. The van der Waals surface area contributed by atoms with Gasteiger partial charge in [0.05, 0.1) is 5.57 Å². The lowest BCUT2D eigenvalue weighted by molar-refractivity contribution is 0.627. The molecule has 2 aromatic rings. The highest BCUT2D eigenvalue weighted by atomic mass is 32.1. The Bertz CT molecular complexity index is 687. The first kappa shape index (κ1) is 13.1. The molecule has 20 heavy (non-hydrogen) atoms. The quantitative estimate of drug-likeness (QED) is 0.794. The maximum atomic E-state index is 9.46. The summed E-state index contributed by atoms with van der Waals surface area (Å²) >= 11 is 1.65. The molecular formula is C15H16N4S. The average molecular weight is 284 g/mol. The van der Waals surface area contributed by atoms with Crippen LogP contribution in [0.25, 0.3) is 11.6 Å². The maximum Gasteiger partial charge on any atom is 0.174 e. The molecule has 0 spiro atoms. The number of aryl methyl sites for hydroxylation is 2. The number of fused-ring (bicyclic) bond motifs is 1. The number of nitrogens with zero attached hydrogens (tertiary/aromatic N) is 4. The van der Waals surface area contributed by atoms with Gasteiger partial charge in [0.15, 0.2) is 5.82 Å². The SMILES string of the molecule is Cc1ccsc1C=C(C#N)c1nnc2n1CCCCC2. The van der Waals surface area contributed by atoms with Gasteiger partial charge in [-0.15, -0.1) is 21.5 Å². The van der Waals surface area contributed by atoms with Crippen molar-refractivity contribution in [3.05, 3.63) is 33.5 Å². The second-order valence-electron chi connectivity index (χ2n) is 5.04. The van der Waals surface area contributed by atoms with Crippen LogP contribution >= 0.6 is 11.3 Å². The van der Waals surface area contributed by atoms with Crippen molar-refractivity contribution in [3.8, 4) is 6.07 Å². The summed E-state index contributed by atoms with van der Waals surface area (Å²) in [6.07, 6.45) is 6.41. The van der Waals surface area contributed by atoms with Gasteiger partial charge in [0.25, 0.3) is 0 Å². The molecule has 0 atom stereocenters. The summed E-state index contributed by atoms with van der Waals surface area (Å²) in [6, 6.07) is 4.35. The molecule has 5 heteroatoms. The summed E-state index contributed by atoms with van der Waals surface area (Å²) in [5.41, 5.74) is 1.80. The highest BCUT2D eigenvalue weighted by molar-refractivity contribution is 7.11. The Morgan fingerprint density at radius 2 is 2.30 bits per heavy atom. The Balaban J connectivity index is 2.03. The molecule has 0 amide bonds. The highest BCUT2D eigenvalue weighted by Gasteiger charge is 2.17. The van der Waals surface area contributed by atoms with Crippen LogP contribution in [0.4, 0.5) is 0 Å². The van der Waals surface area contributed by atoms with Crippen LogP contribution in [0.15, 0.2) is 11.4 Å². The van der Waals surface area contributed by atoms with Crippen LogP contribution in [0.3, 0.4) is 0 Å². The van der Waals surface area contributed by atoms with E-state index in [-0.39, 0.29) is 0 Å². The Hall–Kier alpha value is -1.93. The van der Waals surface area contributed by atoms with Crippen LogP contribution in [0.2, 0.25) is 0 Å². The lowest BCUT2D eigenvalue weighted by Gasteiger charge is -2.05. The normalized spacial score (nSPS) is 15.5. The average Bonchev–Trinajstić information content (AvgIpc) is 2.96. The van der Waals surface area contributed by atoms with Crippen molar-refractivity contribution in [1.82, 2.24) is 14.8 Å². The van der Waals surface area contributed by atoms with Crippen molar-refractivity contribution in [2.24, 2.45) is 0 Å². The molecule has 0 fully saturated rings. The van der Waals surface area contributed by atoms with Gasteiger partial charge in [-0.25, -0.2) is 0 Å². The molecule has 1 aliphatic heterocycles. The topological polar surface area (TPSA) is 54.5 Å². The minimum atomic E-state index is 0.608. The summed E-state index contributed by atoms with van der Waals surface area (Å²) in [6.45, 7) is 2.97. The largest absolute Gasteiger partial charge is 0.310 e. The molecule has 102 valence electrons. The standard InChI is InChI=1S/C15H16N4S/c1-11-6-8-20-13(11)9-12(10-16)15-18-17-14-5-3-2-4-7-19(14)15/h6,8-9H,2-5,7H2,1H3. The van der Waals surface area contributed by atoms with Gasteiger partial charge in [0.2, 0.25) is 0 Å². The minimum absolute atomic E-state index is 0.608. The minimum Gasteiger partial charge on any atom is -0.310 e. The van der Waals surface area contributed by atoms with Gasteiger partial charge >= 0.3 is 0 Å². The number of hydrogen-bond acceptors (Lipinski definition) is 4. The van der Waals surface area contributed by atoms with E-state index in [0.717, 1.165) is 42.3 Å². The molecule has 3 rings (SSSR count). The van der Waals surface area contributed by atoms with Crippen LogP contribution in [-0.2, 0) is 13.0 Å². The zero-order valence-corrected chi connectivity index (χ0v) is 12.3. The smallest absolute Gasteiger partial charge is 0.174 e. The molecule has 0 N–H and O–H groups in total. The summed E-state index contributed by atoms with van der Waals surface area (Å²) in [4.78, 5) is 1.12. The van der Waals surface area contributed by atoms with Crippen molar-refractivity contribution < 1.29 is 0 Å². The Morgan fingerprint density at radius 1 is 1.40 bits per heavy atom. The molecular weight excluding hydrogens is 268 g/mol. The predicted octanol–water partition coefficient (Wildman–Crippen LogP) is 3.44. The Morgan fingerprint density at radius 3 is 3.05 bits per heavy atom. The van der Waals surface area contributed by atoms with Crippen LogP contribution in [-0.4, -0.2) is 14.8 Å². The molecule has 0 saturated carbocycles. The lowest BCUT2D eigenvalue weighted by atomic mass is 10.2. The molecule has 3 heterocycles. The van der Waals surface area contributed by atoms with Crippen LogP contribution in [0.5, 0.6) is 0 Å². The molecule has 4 nitrogen and oxygen atoms in total. The van der Waals surface area contributed by atoms with Gasteiger partial charge in [-0.1, -0.05) is 6.42 Å². The fourth-order valence-electron chi connectivity index (χ4n) is 2.49. The van der Waals surface area contributed by atoms with Crippen molar-refractivity contribution in [3.63, 3.8) is 0 Å². The Labute approximate surface area is 122 Å². The number of aromatic nitrogens is 3. The monoisotopic (exact) mass is 284 g/mol. The van der Waals surface area contributed by atoms with E-state index in [1.807, 2.05) is 11.5 Å². The van der Waals surface area contributed by atoms with E-state index in [1.165, 1.54) is 12.0 Å². The van der Waals surface area contributed by atoms with Crippen molar-refractivity contribution in [2.75, 3.05) is 0 Å². The van der Waals surface area contributed by atoms with Gasteiger partial charge in [0, 0.05) is 17.8 Å². The molecule has 0 aromatic carbocycles. The first-order valence-corrected chi connectivity index (χ1v) is 7.76. The zero-order chi connectivity index (χ0) is 13.9. The third-order valence-corrected chi connectivity index (χ3v) is 4.61. The molecule has 1 aliphatic rings. The van der Waals surface area contributed by atoms with Gasteiger partial charge in [-0.05, 0) is 42.9 Å². The van der Waals surface area contributed by atoms with Crippen LogP contribution in [0, 0.1) is 18.3 Å². The zero-order valence-electron chi connectivity index (χ0n) is 11.5. The van der Waals surface area contributed by atoms with Gasteiger partial charge < -0.3 is 4.57 Å². The Kier molecular flexibility index (Phi) is 3.66. The molecule has 0 unspecified atom stereocenters. The predicted molar refractivity (Wildman–Crippen MR) is 80.1 cm³/mol. The van der Waals surface area contributed by atoms with Gasteiger partial charge in [-0.2, -0.15) is 5.26 Å². The molecule has 0 radical (unpaired) electrons. The van der Waals surface area contributed by atoms with E-state index in [9.17, 15) is 5.26 Å². The number of nitriles is 1. The highest BCUT2D eigenvalue weighted by Crippen LogP contribution is 2.24. The van der Waals surface area contributed by atoms with E-state index in [1.54, 1.807) is 11.3 Å².